The number of anilines is 1. The Bertz CT molecular complexity index is 1310. The van der Waals surface area contributed by atoms with Crippen molar-refractivity contribution in [1.29, 1.82) is 0 Å². The molecule has 178 valence electrons. The van der Waals surface area contributed by atoms with E-state index in [4.69, 9.17) is 4.98 Å². The van der Waals surface area contributed by atoms with E-state index >= 15 is 0 Å². The summed E-state index contributed by atoms with van der Waals surface area (Å²) in [6, 6.07) is 22.5. The molecule has 0 unspecified atom stereocenters. The molecule has 1 aliphatic rings. The number of carbonyl (C=O) groups excluding carboxylic acids is 1. The summed E-state index contributed by atoms with van der Waals surface area (Å²) in [6.07, 6.45) is 2.15. The van der Waals surface area contributed by atoms with Crippen molar-refractivity contribution in [3.05, 3.63) is 89.7 Å². The first-order valence-electron chi connectivity index (χ1n) is 12.2. The monoisotopic (exact) mass is 465 g/mol. The molecule has 35 heavy (non-hydrogen) atoms. The molecule has 1 amide bonds. The average molecular weight is 466 g/mol. The third-order valence-electron chi connectivity index (χ3n) is 6.73. The quantitative estimate of drug-likeness (QED) is 0.462. The molecule has 1 aliphatic heterocycles. The first kappa shape index (κ1) is 23.0. The van der Waals surface area contributed by atoms with Crippen molar-refractivity contribution in [2.75, 3.05) is 38.1 Å². The molecule has 2 aromatic carbocycles. The standard InChI is InChI=1S/C29H31N5O/c1-21-25(29(23-8-4-3-5-9-23)24-10-6-7-11-26(24)32-21)18-28(35)31-20-22-12-13-27(30-19-22)34-16-14-33(2)15-17-34/h3-13,19H,14-18,20H2,1-2H3,(H,31,35). The van der Waals surface area contributed by atoms with E-state index in [0.29, 0.717) is 6.54 Å². The number of nitrogens with zero attached hydrogens (tertiary/aromatic N) is 4. The number of hydrogen-bond acceptors (Lipinski definition) is 5. The number of rotatable bonds is 6. The molecule has 3 heterocycles. The van der Waals surface area contributed by atoms with E-state index in [1.54, 1.807) is 0 Å². The molecule has 1 saturated heterocycles. The average Bonchev–Trinajstić information content (AvgIpc) is 2.89. The molecule has 5 rings (SSSR count). The number of aryl methyl sites for hydroxylation is 1. The molecule has 6 heteroatoms. The van der Waals surface area contributed by atoms with Crippen molar-refractivity contribution >= 4 is 22.6 Å². The Labute approximate surface area is 206 Å². The number of nitrogens with one attached hydrogen (secondary N) is 1. The van der Waals surface area contributed by atoms with Gasteiger partial charge in [-0.25, -0.2) is 4.98 Å². The summed E-state index contributed by atoms with van der Waals surface area (Å²) in [5, 5.41) is 4.14. The number of piperazine rings is 1. The number of para-hydroxylation sites is 1. The van der Waals surface area contributed by atoms with Gasteiger partial charge in [0.1, 0.15) is 5.82 Å². The maximum Gasteiger partial charge on any atom is 0.224 e. The molecule has 0 radical (unpaired) electrons. The van der Waals surface area contributed by atoms with Gasteiger partial charge in [0.05, 0.1) is 11.9 Å². The Morgan fingerprint density at radius 3 is 2.43 bits per heavy atom. The van der Waals surface area contributed by atoms with E-state index in [9.17, 15) is 4.79 Å². The van der Waals surface area contributed by atoms with Gasteiger partial charge in [0, 0.05) is 50.0 Å². The number of amides is 1. The lowest BCUT2D eigenvalue weighted by molar-refractivity contribution is -0.120. The van der Waals surface area contributed by atoms with Crippen LogP contribution in [0, 0.1) is 6.92 Å². The predicted octanol–water partition coefficient (Wildman–Crippen LogP) is 4.22. The van der Waals surface area contributed by atoms with Crippen LogP contribution in [0.5, 0.6) is 0 Å². The van der Waals surface area contributed by atoms with Gasteiger partial charge in [-0.2, -0.15) is 0 Å². The minimum Gasteiger partial charge on any atom is -0.354 e. The zero-order chi connectivity index (χ0) is 24.2. The zero-order valence-corrected chi connectivity index (χ0v) is 20.4. The topological polar surface area (TPSA) is 61.4 Å². The molecular weight excluding hydrogens is 434 g/mol. The summed E-state index contributed by atoms with van der Waals surface area (Å²) >= 11 is 0. The third kappa shape index (κ3) is 5.17. The van der Waals surface area contributed by atoms with E-state index in [0.717, 1.165) is 70.8 Å². The van der Waals surface area contributed by atoms with Gasteiger partial charge in [-0.3, -0.25) is 9.78 Å². The highest BCUT2D eigenvalue weighted by Gasteiger charge is 2.18. The molecule has 2 aromatic heterocycles. The van der Waals surface area contributed by atoms with Gasteiger partial charge >= 0.3 is 0 Å². The fraction of sp³-hybridized carbons (Fsp3) is 0.276. The second-order valence-corrected chi connectivity index (χ2v) is 9.20. The Morgan fingerprint density at radius 1 is 0.943 bits per heavy atom. The number of pyridine rings is 2. The highest BCUT2D eigenvalue weighted by Crippen LogP contribution is 2.33. The molecule has 1 N–H and O–H groups in total. The van der Waals surface area contributed by atoms with Crippen LogP contribution in [0.15, 0.2) is 72.9 Å². The largest absolute Gasteiger partial charge is 0.354 e. The molecular formula is C29H31N5O. The zero-order valence-electron chi connectivity index (χ0n) is 20.4. The summed E-state index contributed by atoms with van der Waals surface area (Å²) in [4.78, 5) is 27.1. The van der Waals surface area contributed by atoms with Crippen LogP contribution in [0.2, 0.25) is 0 Å². The van der Waals surface area contributed by atoms with E-state index in [-0.39, 0.29) is 12.3 Å². The minimum atomic E-state index is -0.0227. The number of likely N-dealkylation sites (N-methyl/N-ethyl adjacent to an activating group) is 1. The lowest BCUT2D eigenvalue weighted by Gasteiger charge is -2.33. The Hall–Kier alpha value is -3.77. The van der Waals surface area contributed by atoms with Crippen LogP contribution < -0.4 is 10.2 Å². The maximum absolute atomic E-state index is 13.0. The lowest BCUT2D eigenvalue weighted by Crippen LogP contribution is -2.44. The van der Waals surface area contributed by atoms with Crippen molar-refractivity contribution in [2.24, 2.45) is 0 Å². The fourth-order valence-corrected chi connectivity index (χ4v) is 4.69. The molecule has 6 nitrogen and oxygen atoms in total. The normalized spacial score (nSPS) is 14.3. The molecule has 0 atom stereocenters. The third-order valence-corrected chi connectivity index (χ3v) is 6.73. The molecule has 0 spiro atoms. The predicted molar refractivity (Wildman–Crippen MR) is 141 cm³/mol. The van der Waals surface area contributed by atoms with E-state index in [1.165, 1.54) is 0 Å². The van der Waals surface area contributed by atoms with Gasteiger partial charge < -0.3 is 15.1 Å². The van der Waals surface area contributed by atoms with Gasteiger partial charge in [-0.1, -0.05) is 54.6 Å². The van der Waals surface area contributed by atoms with E-state index in [2.05, 4.69) is 57.5 Å². The molecule has 1 fully saturated rings. The molecule has 0 bridgehead atoms. The van der Waals surface area contributed by atoms with Crippen molar-refractivity contribution < 1.29 is 4.79 Å². The summed E-state index contributed by atoms with van der Waals surface area (Å²) in [5.74, 6) is 0.976. The Kier molecular flexibility index (Phi) is 6.73. The van der Waals surface area contributed by atoms with Crippen LogP contribution in [-0.4, -0.2) is 54.0 Å². The number of hydrogen-bond donors (Lipinski definition) is 1. The minimum absolute atomic E-state index is 0.0227. The van der Waals surface area contributed by atoms with Gasteiger partial charge in [0.2, 0.25) is 5.91 Å². The number of benzene rings is 2. The van der Waals surface area contributed by atoms with Gasteiger partial charge in [-0.15, -0.1) is 0 Å². The lowest BCUT2D eigenvalue weighted by atomic mass is 9.92. The summed E-state index contributed by atoms with van der Waals surface area (Å²) < 4.78 is 0. The Morgan fingerprint density at radius 2 is 1.69 bits per heavy atom. The van der Waals surface area contributed by atoms with Gasteiger partial charge in [0.15, 0.2) is 0 Å². The summed E-state index contributed by atoms with van der Waals surface area (Å²) in [7, 11) is 2.15. The number of carbonyl (C=O) groups is 1. The molecule has 4 aromatic rings. The highest BCUT2D eigenvalue weighted by atomic mass is 16.1. The van der Waals surface area contributed by atoms with Crippen LogP contribution in [-0.2, 0) is 17.8 Å². The van der Waals surface area contributed by atoms with Gasteiger partial charge in [0.25, 0.3) is 0 Å². The van der Waals surface area contributed by atoms with Crippen molar-refractivity contribution in [1.82, 2.24) is 20.2 Å². The van der Waals surface area contributed by atoms with Crippen LogP contribution in [0.4, 0.5) is 5.82 Å². The van der Waals surface area contributed by atoms with Crippen LogP contribution >= 0.6 is 0 Å². The van der Waals surface area contributed by atoms with E-state index < -0.39 is 0 Å². The summed E-state index contributed by atoms with van der Waals surface area (Å²) in [6.45, 7) is 6.52. The second kappa shape index (κ2) is 10.2. The second-order valence-electron chi connectivity index (χ2n) is 9.20. The fourth-order valence-electron chi connectivity index (χ4n) is 4.69. The number of fused-ring (bicyclic) bond motifs is 1. The van der Waals surface area contributed by atoms with E-state index in [1.807, 2.05) is 49.5 Å². The maximum atomic E-state index is 13.0. The van der Waals surface area contributed by atoms with Crippen molar-refractivity contribution in [3.8, 4) is 11.1 Å². The summed E-state index contributed by atoms with van der Waals surface area (Å²) in [5.41, 5.74) is 5.97. The Balaban J connectivity index is 1.31. The van der Waals surface area contributed by atoms with Crippen molar-refractivity contribution in [3.63, 3.8) is 0 Å². The van der Waals surface area contributed by atoms with Crippen molar-refractivity contribution in [2.45, 2.75) is 19.9 Å². The van der Waals surface area contributed by atoms with Crippen LogP contribution in [0.3, 0.4) is 0 Å². The first-order chi connectivity index (χ1) is 17.1. The molecule has 0 saturated carbocycles. The van der Waals surface area contributed by atoms with Crippen LogP contribution in [0.1, 0.15) is 16.8 Å². The first-order valence-corrected chi connectivity index (χ1v) is 12.2. The number of aromatic nitrogens is 2. The highest BCUT2D eigenvalue weighted by molar-refractivity contribution is 5.98. The smallest absolute Gasteiger partial charge is 0.224 e. The van der Waals surface area contributed by atoms with Crippen LogP contribution in [0.25, 0.3) is 22.0 Å². The molecule has 0 aliphatic carbocycles. The van der Waals surface area contributed by atoms with Gasteiger partial charge in [-0.05, 0) is 48.4 Å². The SMILES string of the molecule is Cc1nc2ccccc2c(-c2ccccc2)c1CC(=O)NCc1ccc(N2CCN(C)CC2)nc1.